The largest absolute Gasteiger partial charge is 0.443 e. The molecule has 2 rings (SSSR count). The molecule has 2 heterocycles. The number of alkyl halides is 3. The van der Waals surface area contributed by atoms with Gasteiger partial charge in [0, 0.05) is 18.0 Å². The van der Waals surface area contributed by atoms with Gasteiger partial charge in [0.05, 0.1) is 5.69 Å². The molecule has 2 nitrogen and oxygen atoms in total. The summed E-state index contributed by atoms with van der Waals surface area (Å²) in [7, 11) is 0. The summed E-state index contributed by atoms with van der Waals surface area (Å²) in [5.41, 5.74) is 0.559. The Morgan fingerprint density at radius 2 is 2.07 bits per heavy atom. The van der Waals surface area contributed by atoms with E-state index >= 15 is 0 Å². The summed E-state index contributed by atoms with van der Waals surface area (Å²) < 4.78 is 36.6. The van der Waals surface area contributed by atoms with Gasteiger partial charge in [-0.15, -0.1) is 23.7 Å². The number of hydrogen-bond donors (Lipinski definition) is 1. The van der Waals surface area contributed by atoms with Crippen LogP contribution in [0.4, 0.5) is 13.2 Å². The highest BCUT2D eigenvalue weighted by Gasteiger charge is 2.36. The number of fused-ring (bicyclic) bond motifs is 1. The second-order valence-corrected chi connectivity index (χ2v) is 3.90. The average Bonchev–Trinajstić information content (AvgIpc) is 2.45. The number of aromatic nitrogens is 1. The molecule has 0 radical (unpaired) electrons. The van der Waals surface area contributed by atoms with E-state index in [1.165, 1.54) is 0 Å². The first-order valence-electron chi connectivity index (χ1n) is 3.84. The van der Waals surface area contributed by atoms with Crippen LogP contribution in [0.2, 0.25) is 0 Å². The summed E-state index contributed by atoms with van der Waals surface area (Å²) in [5, 5.41) is 2.26. The zero-order chi connectivity index (χ0) is 9.47. The van der Waals surface area contributed by atoms with Crippen molar-refractivity contribution in [2.45, 2.75) is 19.1 Å². The van der Waals surface area contributed by atoms with Crippen LogP contribution in [0, 0.1) is 0 Å². The van der Waals surface area contributed by atoms with E-state index in [2.05, 4.69) is 10.3 Å². The van der Waals surface area contributed by atoms with E-state index in [1.807, 2.05) is 0 Å². The fourth-order valence-electron chi connectivity index (χ4n) is 1.25. The number of rotatable bonds is 0. The molecule has 1 aromatic heterocycles. The van der Waals surface area contributed by atoms with Crippen LogP contribution in [-0.4, -0.2) is 11.5 Å². The third-order valence-corrected chi connectivity index (χ3v) is 3.04. The Morgan fingerprint density at radius 3 is 2.64 bits per heavy atom. The lowest BCUT2D eigenvalue weighted by atomic mass is 10.2. The Morgan fingerprint density at radius 1 is 1.36 bits per heavy atom. The summed E-state index contributed by atoms with van der Waals surface area (Å²) >= 11 is 0.766. The van der Waals surface area contributed by atoms with Crippen LogP contribution in [0.5, 0.6) is 0 Å². The van der Waals surface area contributed by atoms with Gasteiger partial charge in [-0.3, -0.25) is 0 Å². The minimum Gasteiger partial charge on any atom is -0.311 e. The van der Waals surface area contributed by atoms with Crippen molar-refractivity contribution in [3.63, 3.8) is 0 Å². The molecule has 0 aliphatic carbocycles. The topological polar surface area (TPSA) is 24.9 Å². The van der Waals surface area contributed by atoms with Crippen molar-refractivity contribution in [2.75, 3.05) is 6.54 Å². The van der Waals surface area contributed by atoms with Gasteiger partial charge < -0.3 is 5.32 Å². The van der Waals surface area contributed by atoms with Crippen molar-refractivity contribution in [2.24, 2.45) is 0 Å². The predicted molar refractivity (Wildman–Crippen MR) is 49.8 cm³/mol. The second-order valence-electron chi connectivity index (χ2n) is 2.81. The van der Waals surface area contributed by atoms with Crippen molar-refractivity contribution in [3.8, 4) is 0 Å². The molecule has 0 saturated carbocycles. The maximum atomic E-state index is 12.2. The molecule has 80 valence electrons. The van der Waals surface area contributed by atoms with E-state index in [0.29, 0.717) is 18.7 Å². The summed E-state index contributed by atoms with van der Waals surface area (Å²) in [6.45, 7) is 1.20. The number of thiazole rings is 1. The lowest BCUT2D eigenvalue weighted by Gasteiger charge is -2.09. The van der Waals surface area contributed by atoms with Crippen molar-refractivity contribution >= 4 is 23.7 Å². The van der Waals surface area contributed by atoms with Gasteiger partial charge in [-0.1, -0.05) is 0 Å². The van der Waals surface area contributed by atoms with Crippen molar-refractivity contribution in [1.29, 1.82) is 0 Å². The number of hydrogen-bond acceptors (Lipinski definition) is 3. The van der Waals surface area contributed by atoms with Gasteiger partial charge in [-0.2, -0.15) is 13.2 Å². The van der Waals surface area contributed by atoms with Crippen molar-refractivity contribution in [1.82, 2.24) is 10.3 Å². The normalized spacial score (nSPS) is 15.9. The van der Waals surface area contributed by atoms with Crippen LogP contribution in [0.15, 0.2) is 0 Å². The Bertz CT molecular complexity index is 300. The van der Waals surface area contributed by atoms with E-state index < -0.39 is 11.2 Å². The Balaban J connectivity index is 0.000000980. The quantitative estimate of drug-likeness (QED) is 0.757. The Hall–Kier alpha value is -0.330. The summed E-state index contributed by atoms with van der Waals surface area (Å²) in [4.78, 5) is 4.32. The molecule has 7 heteroatoms. The highest BCUT2D eigenvalue weighted by atomic mass is 35.5. The van der Waals surface area contributed by atoms with Gasteiger partial charge in [0.15, 0.2) is 5.01 Å². The molecule has 0 bridgehead atoms. The van der Waals surface area contributed by atoms with Gasteiger partial charge in [0.25, 0.3) is 0 Å². The van der Waals surface area contributed by atoms with Crippen LogP contribution in [0.1, 0.15) is 15.6 Å². The van der Waals surface area contributed by atoms with E-state index in [-0.39, 0.29) is 12.4 Å². The zero-order valence-corrected chi connectivity index (χ0v) is 8.65. The minimum atomic E-state index is -4.29. The molecule has 1 aliphatic rings. The molecule has 0 saturated heterocycles. The first kappa shape index (κ1) is 11.7. The van der Waals surface area contributed by atoms with Gasteiger partial charge in [-0.05, 0) is 6.42 Å². The third kappa shape index (κ3) is 2.18. The van der Waals surface area contributed by atoms with E-state index in [4.69, 9.17) is 0 Å². The van der Waals surface area contributed by atoms with Crippen LogP contribution in [-0.2, 0) is 19.1 Å². The SMILES string of the molecule is Cl.FC(F)(F)c1nc2c(s1)CCNC2. The molecule has 0 spiro atoms. The zero-order valence-electron chi connectivity index (χ0n) is 7.02. The van der Waals surface area contributed by atoms with Gasteiger partial charge in [0.2, 0.25) is 0 Å². The van der Waals surface area contributed by atoms with Crippen molar-refractivity contribution in [3.05, 3.63) is 15.6 Å². The molecule has 1 N–H and O–H groups in total. The Kier molecular flexibility index (Phi) is 3.39. The third-order valence-electron chi connectivity index (χ3n) is 1.84. The number of nitrogens with one attached hydrogen (secondary N) is 1. The maximum absolute atomic E-state index is 12.2. The smallest absolute Gasteiger partial charge is 0.311 e. The molecule has 1 aliphatic heterocycles. The molecule has 14 heavy (non-hydrogen) atoms. The summed E-state index contributed by atoms with van der Waals surface area (Å²) in [6.07, 6.45) is -3.63. The molecular weight excluding hydrogens is 237 g/mol. The molecule has 0 fully saturated rings. The number of halogens is 4. The highest BCUT2D eigenvalue weighted by Crippen LogP contribution is 2.34. The van der Waals surface area contributed by atoms with E-state index in [0.717, 1.165) is 22.8 Å². The average molecular weight is 245 g/mol. The monoisotopic (exact) mass is 244 g/mol. The fourth-order valence-corrected chi connectivity index (χ4v) is 2.19. The van der Waals surface area contributed by atoms with Crippen molar-refractivity contribution < 1.29 is 13.2 Å². The summed E-state index contributed by atoms with van der Waals surface area (Å²) in [5.74, 6) is 0. The second kappa shape index (κ2) is 4.04. The molecular formula is C7H8ClF3N2S. The highest BCUT2D eigenvalue weighted by molar-refractivity contribution is 7.11. The first-order chi connectivity index (χ1) is 6.07. The van der Waals surface area contributed by atoms with Gasteiger partial charge in [-0.25, -0.2) is 4.98 Å². The molecule has 0 unspecified atom stereocenters. The number of nitrogens with zero attached hydrogens (tertiary/aromatic N) is 1. The van der Waals surface area contributed by atoms with Gasteiger partial charge >= 0.3 is 6.18 Å². The lowest BCUT2D eigenvalue weighted by Crippen LogP contribution is -2.22. The minimum absolute atomic E-state index is 0. The van der Waals surface area contributed by atoms with Crippen LogP contribution >= 0.6 is 23.7 Å². The summed E-state index contributed by atoms with van der Waals surface area (Å²) in [6, 6.07) is 0. The lowest BCUT2D eigenvalue weighted by molar-refractivity contribution is -0.137. The Labute approximate surface area is 88.9 Å². The molecule has 0 aromatic carbocycles. The van der Waals surface area contributed by atoms with Crippen LogP contribution in [0.3, 0.4) is 0 Å². The fraction of sp³-hybridized carbons (Fsp3) is 0.571. The molecule has 1 aromatic rings. The van der Waals surface area contributed by atoms with Crippen LogP contribution < -0.4 is 5.32 Å². The molecule has 0 amide bonds. The van der Waals surface area contributed by atoms with Gasteiger partial charge in [0.1, 0.15) is 0 Å². The van der Waals surface area contributed by atoms with E-state index in [1.54, 1.807) is 0 Å². The molecule has 0 atom stereocenters. The van der Waals surface area contributed by atoms with E-state index in [9.17, 15) is 13.2 Å². The first-order valence-corrected chi connectivity index (χ1v) is 4.65. The van der Waals surface area contributed by atoms with Crippen LogP contribution in [0.25, 0.3) is 0 Å². The predicted octanol–water partition coefficient (Wildman–Crippen LogP) is 2.23. The standard InChI is InChI=1S/C7H7F3N2S.ClH/c8-7(9,10)6-12-4-3-11-2-1-5(4)13-6;/h11H,1-3H2;1H. The maximum Gasteiger partial charge on any atom is 0.443 e.